The Bertz CT molecular complexity index is 900. The van der Waals surface area contributed by atoms with Gasteiger partial charge in [0.25, 0.3) is 0 Å². The third-order valence-corrected chi connectivity index (χ3v) is 5.53. The summed E-state index contributed by atoms with van der Waals surface area (Å²) in [7, 11) is -3.80. The molecular weight excluding hydrogens is 371 g/mol. The molecule has 0 aliphatic carbocycles. The van der Waals surface area contributed by atoms with Gasteiger partial charge in [0, 0.05) is 32.4 Å². The van der Waals surface area contributed by atoms with E-state index in [1.54, 1.807) is 11.1 Å². The molecule has 1 aliphatic rings. The van der Waals surface area contributed by atoms with E-state index in [-0.39, 0.29) is 11.6 Å². The molecule has 2 aromatic rings. The number of hydrogen-bond donors (Lipinski definition) is 0. The number of para-hydroxylation sites is 1. The normalized spacial score (nSPS) is 14.9. The Labute approximate surface area is 158 Å². The van der Waals surface area contributed by atoms with Crippen molar-refractivity contribution in [3.63, 3.8) is 0 Å². The van der Waals surface area contributed by atoms with Gasteiger partial charge in [0.05, 0.1) is 11.9 Å². The SMILES string of the molecule is CS(=O)(=O)N(CC(=O)N1CCN(c2ccccn2)CC1)c1ccccc1F. The zero-order chi connectivity index (χ0) is 19.4. The van der Waals surface area contributed by atoms with E-state index in [1.807, 2.05) is 18.2 Å². The van der Waals surface area contributed by atoms with Crippen LogP contribution in [0.1, 0.15) is 0 Å². The number of carbonyl (C=O) groups excluding carboxylic acids is 1. The van der Waals surface area contributed by atoms with E-state index >= 15 is 0 Å². The summed E-state index contributed by atoms with van der Waals surface area (Å²) in [5.74, 6) is -0.200. The van der Waals surface area contributed by atoms with Crippen molar-refractivity contribution in [3.05, 3.63) is 54.5 Å². The highest BCUT2D eigenvalue weighted by Gasteiger charge is 2.28. The van der Waals surface area contributed by atoms with Crippen molar-refractivity contribution < 1.29 is 17.6 Å². The lowest BCUT2D eigenvalue weighted by atomic mass is 10.2. The highest BCUT2D eigenvalue weighted by atomic mass is 32.2. The van der Waals surface area contributed by atoms with Crippen LogP contribution in [0.4, 0.5) is 15.9 Å². The molecule has 0 N–H and O–H groups in total. The molecule has 1 amide bonds. The van der Waals surface area contributed by atoms with Crippen LogP contribution in [-0.2, 0) is 14.8 Å². The van der Waals surface area contributed by atoms with Gasteiger partial charge in [0.15, 0.2) is 0 Å². The van der Waals surface area contributed by atoms with Crippen molar-refractivity contribution >= 4 is 27.4 Å². The Kier molecular flexibility index (Phi) is 5.59. The molecule has 9 heteroatoms. The van der Waals surface area contributed by atoms with Crippen LogP contribution in [0.2, 0.25) is 0 Å². The molecule has 1 aromatic heterocycles. The van der Waals surface area contributed by atoms with Crippen LogP contribution in [0.3, 0.4) is 0 Å². The number of aromatic nitrogens is 1. The van der Waals surface area contributed by atoms with Gasteiger partial charge in [-0.15, -0.1) is 0 Å². The number of hydrogen-bond acceptors (Lipinski definition) is 5. The van der Waals surface area contributed by atoms with Gasteiger partial charge in [-0.1, -0.05) is 18.2 Å². The molecule has 0 spiro atoms. The zero-order valence-electron chi connectivity index (χ0n) is 15.0. The lowest BCUT2D eigenvalue weighted by molar-refractivity contribution is -0.129. The largest absolute Gasteiger partial charge is 0.353 e. The first-order chi connectivity index (χ1) is 12.9. The maximum Gasteiger partial charge on any atom is 0.243 e. The predicted octanol–water partition coefficient (Wildman–Crippen LogP) is 1.34. The molecule has 1 fully saturated rings. The van der Waals surface area contributed by atoms with Crippen LogP contribution >= 0.6 is 0 Å². The average molecular weight is 392 g/mol. The number of carbonyl (C=O) groups is 1. The monoisotopic (exact) mass is 392 g/mol. The topological polar surface area (TPSA) is 73.8 Å². The number of rotatable bonds is 5. The number of nitrogens with zero attached hydrogens (tertiary/aromatic N) is 4. The van der Waals surface area contributed by atoms with Crippen molar-refractivity contribution in [1.29, 1.82) is 0 Å². The Morgan fingerprint density at radius 2 is 1.78 bits per heavy atom. The van der Waals surface area contributed by atoms with Crippen molar-refractivity contribution in [2.45, 2.75) is 0 Å². The quantitative estimate of drug-likeness (QED) is 0.768. The summed E-state index contributed by atoms with van der Waals surface area (Å²) in [5, 5.41) is 0. The summed E-state index contributed by atoms with van der Waals surface area (Å²) in [6, 6.07) is 11.2. The van der Waals surface area contributed by atoms with Crippen LogP contribution < -0.4 is 9.21 Å². The highest BCUT2D eigenvalue weighted by molar-refractivity contribution is 7.92. The van der Waals surface area contributed by atoms with Gasteiger partial charge in [-0.25, -0.2) is 17.8 Å². The van der Waals surface area contributed by atoms with Crippen molar-refractivity contribution in [3.8, 4) is 0 Å². The van der Waals surface area contributed by atoms with Crippen LogP contribution in [-0.4, -0.2) is 63.2 Å². The van der Waals surface area contributed by atoms with Gasteiger partial charge in [0.2, 0.25) is 15.9 Å². The number of anilines is 2. The summed E-state index contributed by atoms with van der Waals surface area (Å²) in [4.78, 5) is 20.6. The minimum Gasteiger partial charge on any atom is -0.353 e. The third kappa shape index (κ3) is 4.54. The predicted molar refractivity (Wildman–Crippen MR) is 102 cm³/mol. The highest BCUT2D eigenvalue weighted by Crippen LogP contribution is 2.22. The number of benzene rings is 1. The Morgan fingerprint density at radius 3 is 2.37 bits per heavy atom. The fourth-order valence-corrected chi connectivity index (χ4v) is 3.83. The van der Waals surface area contributed by atoms with Crippen molar-refractivity contribution in [2.75, 3.05) is 48.2 Å². The summed E-state index contributed by atoms with van der Waals surface area (Å²) in [6.07, 6.45) is 2.68. The maximum absolute atomic E-state index is 14.1. The van der Waals surface area contributed by atoms with Gasteiger partial charge in [0.1, 0.15) is 18.2 Å². The number of amides is 1. The number of pyridine rings is 1. The first-order valence-electron chi connectivity index (χ1n) is 8.52. The van der Waals surface area contributed by atoms with Gasteiger partial charge < -0.3 is 9.80 Å². The van der Waals surface area contributed by atoms with E-state index in [4.69, 9.17) is 0 Å². The van der Waals surface area contributed by atoms with E-state index < -0.39 is 22.4 Å². The summed E-state index contributed by atoms with van der Waals surface area (Å²) >= 11 is 0. The summed E-state index contributed by atoms with van der Waals surface area (Å²) in [5.41, 5.74) is -0.125. The second kappa shape index (κ2) is 7.91. The second-order valence-corrected chi connectivity index (χ2v) is 8.18. The molecule has 0 saturated carbocycles. The molecule has 0 atom stereocenters. The smallest absolute Gasteiger partial charge is 0.243 e. The standard InChI is InChI=1S/C18H21FN4O3S/c1-27(25,26)23(16-7-3-2-6-15(16)19)14-18(24)22-12-10-21(11-13-22)17-8-4-5-9-20-17/h2-9H,10-14H2,1H3. The first kappa shape index (κ1) is 19.1. The molecule has 1 saturated heterocycles. The fourth-order valence-electron chi connectivity index (χ4n) is 2.98. The minimum absolute atomic E-state index is 0.125. The van der Waals surface area contributed by atoms with Gasteiger partial charge >= 0.3 is 0 Å². The average Bonchev–Trinajstić information content (AvgIpc) is 2.66. The second-order valence-electron chi connectivity index (χ2n) is 6.28. The molecule has 7 nitrogen and oxygen atoms in total. The lowest BCUT2D eigenvalue weighted by Crippen LogP contribution is -2.52. The lowest BCUT2D eigenvalue weighted by Gasteiger charge is -2.36. The zero-order valence-corrected chi connectivity index (χ0v) is 15.8. The number of halogens is 1. The molecule has 1 aromatic carbocycles. The molecule has 2 heterocycles. The van der Waals surface area contributed by atoms with Crippen LogP contribution in [0, 0.1) is 5.82 Å². The minimum atomic E-state index is -3.80. The Balaban J connectivity index is 1.68. The molecular formula is C18H21FN4O3S. The van der Waals surface area contributed by atoms with Crippen LogP contribution in [0.15, 0.2) is 48.7 Å². The van der Waals surface area contributed by atoms with Gasteiger partial charge in [-0.2, -0.15) is 0 Å². The maximum atomic E-state index is 14.1. The first-order valence-corrected chi connectivity index (χ1v) is 10.4. The third-order valence-electron chi connectivity index (χ3n) is 4.41. The van der Waals surface area contributed by atoms with E-state index in [0.717, 1.165) is 16.4 Å². The molecule has 3 rings (SSSR count). The molecule has 1 aliphatic heterocycles. The van der Waals surface area contributed by atoms with E-state index in [9.17, 15) is 17.6 Å². The molecule has 144 valence electrons. The summed E-state index contributed by atoms with van der Waals surface area (Å²) in [6.45, 7) is 1.67. The van der Waals surface area contributed by atoms with Gasteiger partial charge in [-0.05, 0) is 24.3 Å². The van der Waals surface area contributed by atoms with Gasteiger partial charge in [-0.3, -0.25) is 9.10 Å². The number of piperazine rings is 1. The molecule has 0 bridgehead atoms. The van der Waals surface area contributed by atoms with Crippen molar-refractivity contribution in [2.24, 2.45) is 0 Å². The Morgan fingerprint density at radius 1 is 1.11 bits per heavy atom. The van der Waals surface area contributed by atoms with Crippen LogP contribution in [0.5, 0.6) is 0 Å². The fraction of sp³-hybridized carbons (Fsp3) is 0.333. The number of sulfonamides is 1. The van der Waals surface area contributed by atoms with E-state index in [0.29, 0.717) is 26.2 Å². The van der Waals surface area contributed by atoms with Crippen LogP contribution in [0.25, 0.3) is 0 Å². The Hall–Kier alpha value is -2.68. The summed E-state index contributed by atoms with van der Waals surface area (Å²) < 4.78 is 39.1. The molecule has 0 unspecified atom stereocenters. The van der Waals surface area contributed by atoms with E-state index in [1.165, 1.54) is 24.3 Å². The molecule has 0 radical (unpaired) electrons. The molecule has 27 heavy (non-hydrogen) atoms. The van der Waals surface area contributed by atoms with Crippen molar-refractivity contribution in [1.82, 2.24) is 9.88 Å². The van der Waals surface area contributed by atoms with E-state index in [2.05, 4.69) is 9.88 Å².